The van der Waals surface area contributed by atoms with E-state index >= 15 is 0 Å². The van der Waals surface area contributed by atoms with Crippen molar-refractivity contribution in [2.75, 3.05) is 12.3 Å². The van der Waals surface area contributed by atoms with E-state index in [0.29, 0.717) is 0 Å². The molecule has 3 rings (SSSR count). The summed E-state index contributed by atoms with van der Waals surface area (Å²) in [5.41, 5.74) is 5.59. The zero-order chi connectivity index (χ0) is 18.9. The molecule has 0 fully saturated rings. The van der Waals surface area contributed by atoms with Crippen molar-refractivity contribution in [2.24, 2.45) is 0 Å². The van der Waals surface area contributed by atoms with E-state index < -0.39 is 26.6 Å². The summed E-state index contributed by atoms with van der Waals surface area (Å²) in [5.74, 6) is -0.520. The average Bonchev–Trinajstić information content (AvgIpc) is 2.97. The van der Waals surface area contributed by atoms with E-state index in [2.05, 4.69) is 20.3 Å². The molecule has 2 aromatic heterocycles. The molecule has 0 bridgehead atoms. The Balaban J connectivity index is 1.67. The summed E-state index contributed by atoms with van der Waals surface area (Å²) in [6.07, 6.45) is 1.40. The van der Waals surface area contributed by atoms with Crippen LogP contribution in [0.4, 0.5) is 9.83 Å². The zero-order valence-corrected chi connectivity index (χ0v) is 14.0. The lowest BCUT2D eigenvalue weighted by atomic mass is 10.2. The predicted octanol–water partition coefficient (Wildman–Crippen LogP) is -0.210. The van der Waals surface area contributed by atoms with E-state index in [9.17, 15) is 21.9 Å². The summed E-state index contributed by atoms with van der Waals surface area (Å²) >= 11 is 0. The van der Waals surface area contributed by atoms with Gasteiger partial charge in [0.15, 0.2) is 11.2 Å². The Kier molecular flexibility index (Phi) is 4.42. The lowest BCUT2D eigenvalue weighted by molar-refractivity contribution is 0.0952. The van der Waals surface area contributed by atoms with Crippen LogP contribution in [0.2, 0.25) is 0 Å². The van der Waals surface area contributed by atoms with Crippen LogP contribution in [0, 0.1) is 0 Å². The van der Waals surface area contributed by atoms with Gasteiger partial charge in [-0.3, -0.25) is 14.6 Å². The van der Waals surface area contributed by atoms with E-state index in [0.717, 1.165) is 12.1 Å². The number of nitrogens with zero attached hydrogens (tertiary/aromatic N) is 3. The number of carbonyl (C=O) groups is 1. The third-order valence-corrected chi connectivity index (χ3v) is 4.37. The van der Waals surface area contributed by atoms with Gasteiger partial charge in [-0.05, 0) is 24.3 Å². The lowest BCUT2D eigenvalue weighted by Crippen LogP contribution is -2.27. The highest BCUT2D eigenvalue weighted by molar-refractivity contribution is 7.86. The van der Waals surface area contributed by atoms with Gasteiger partial charge >= 0.3 is 10.2 Å². The van der Waals surface area contributed by atoms with Gasteiger partial charge in [-0.15, -0.1) is 3.89 Å². The molecule has 0 aliphatic carbocycles. The van der Waals surface area contributed by atoms with Crippen LogP contribution in [0.1, 0.15) is 10.4 Å². The summed E-state index contributed by atoms with van der Waals surface area (Å²) in [6.45, 7) is 0.408. The molecule has 136 valence electrons. The molecule has 0 unspecified atom stereocenters. The van der Waals surface area contributed by atoms with E-state index in [1.165, 1.54) is 23.0 Å². The van der Waals surface area contributed by atoms with Gasteiger partial charge in [0, 0.05) is 18.7 Å². The summed E-state index contributed by atoms with van der Waals surface area (Å²) in [6, 6.07) is 4.41. The highest BCUT2D eigenvalue weighted by Crippen LogP contribution is 2.13. The van der Waals surface area contributed by atoms with Gasteiger partial charge in [-0.25, -0.2) is 4.98 Å². The first kappa shape index (κ1) is 17.5. The molecule has 0 saturated heterocycles. The maximum Gasteiger partial charge on any atom is 0.332 e. The Morgan fingerprint density at radius 2 is 2.00 bits per heavy atom. The third kappa shape index (κ3) is 3.54. The molecule has 0 spiro atoms. The Hall–Kier alpha value is -3.28. The number of amides is 1. The quantitative estimate of drug-likeness (QED) is 0.518. The first-order chi connectivity index (χ1) is 12.3. The summed E-state index contributed by atoms with van der Waals surface area (Å²) < 4.78 is 35.8. The monoisotopic (exact) mass is 380 g/mol. The molecule has 0 aliphatic heterocycles. The number of rotatable bonds is 5. The molecule has 4 N–H and O–H groups in total. The second kappa shape index (κ2) is 6.55. The van der Waals surface area contributed by atoms with Gasteiger partial charge in [-0.2, -0.15) is 13.4 Å². The minimum atomic E-state index is -4.81. The maximum absolute atomic E-state index is 12.8. The molecule has 0 saturated carbocycles. The summed E-state index contributed by atoms with van der Waals surface area (Å²) in [5, 5.41) is 2.60. The van der Waals surface area contributed by atoms with Crippen molar-refractivity contribution in [2.45, 2.75) is 11.4 Å². The zero-order valence-electron chi connectivity index (χ0n) is 13.1. The molecule has 26 heavy (non-hydrogen) atoms. The van der Waals surface area contributed by atoms with Crippen LogP contribution in [0.15, 0.2) is 40.3 Å². The number of anilines is 1. The fourth-order valence-corrected chi connectivity index (χ4v) is 2.79. The molecular formula is C14H13FN6O4S. The largest absolute Gasteiger partial charge is 0.369 e. The number of halogens is 1. The molecular weight excluding hydrogens is 367 g/mol. The summed E-state index contributed by atoms with van der Waals surface area (Å²) in [7, 11) is -4.81. The van der Waals surface area contributed by atoms with Crippen molar-refractivity contribution in [3.8, 4) is 0 Å². The topological polar surface area (TPSA) is 153 Å². The van der Waals surface area contributed by atoms with Gasteiger partial charge < -0.3 is 15.6 Å². The van der Waals surface area contributed by atoms with Gasteiger partial charge in [0.05, 0.1) is 11.2 Å². The van der Waals surface area contributed by atoms with E-state index in [1.807, 2.05) is 0 Å². The number of benzene rings is 1. The van der Waals surface area contributed by atoms with Crippen molar-refractivity contribution in [3.63, 3.8) is 0 Å². The Labute approximate surface area is 146 Å². The Morgan fingerprint density at radius 3 is 2.65 bits per heavy atom. The first-order valence-corrected chi connectivity index (χ1v) is 8.67. The van der Waals surface area contributed by atoms with Crippen LogP contribution in [0.5, 0.6) is 0 Å². The number of nitrogens with one attached hydrogen (secondary N) is 2. The fraction of sp³-hybridized carbons (Fsp3) is 0.143. The van der Waals surface area contributed by atoms with Gasteiger partial charge in [0.1, 0.15) is 0 Å². The van der Waals surface area contributed by atoms with Crippen molar-refractivity contribution in [3.05, 3.63) is 46.5 Å². The number of hydrogen-bond acceptors (Lipinski definition) is 7. The van der Waals surface area contributed by atoms with Crippen LogP contribution in [-0.4, -0.2) is 40.4 Å². The number of H-pyrrole nitrogens is 1. The van der Waals surface area contributed by atoms with Crippen molar-refractivity contribution < 1.29 is 17.1 Å². The van der Waals surface area contributed by atoms with Crippen LogP contribution >= 0.6 is 0 Å². The third-order valence-electron chi connectivity index (χ3n) is 3.54. The SMILES string of the molecule is Nc1nc2ncn(CCNC(=O)c3ccc(S(=O)(=O)F)cc3)c2c(=O)[nH]1. The average molecular weight is 380 g/mol. The summed E-state index contributed by atoms with van der Waals surface area (Å²) in [4.78, 5) is 33.7. The Morgan fingerprint density at radius 1 is 1.31 bits per heavy atom. The second-order valence-corrected chi connectivity index (χ2v) is 6.63. The first-order valence-electron chi connectivity index (χ1n) is 7.29. The van der Waals surface area contributed by atoms with E-state index in [1.54, 1.807) is 0 Å². The van der Waals surface area contributed by atoms with Crippen molar-refractivity contribution >= 4 is 33.2 Å². The van der Waals surface area contributed by atoms with Crippen LogP contribution in [0.3, 0.4) is 0 Å². The fourth-order valence-electron chi connectivity index (χ4n) is 2.33. The number of nitrogens with two attached hydrogens (primary N) is 1. The number of carbonyl (C=O) groups excluding carboxylic acids is 1. The van der Waals surface area contributed by atoms with Crippen molar-refractivity contribution in [1.82, 2.24) is 24.8 Å². The molecule has 0 aliphatic rings. The molecule has 0 atom stereocenters. The Bertz CT molecular complexity index is 1140. The number of hydrogen-bond donors (Lipinski definition) is 3. The number of fused-ring (bicyclic) bond motifs is 1. The number of nitrogen functional groups attached to an aromatic ring is 1. The molecule has 2 heterocycles. The van der Waals surface area contributed by atoms with E-state index in [-0.39, 0.29) is 35.8 Å². The highest BCUT2D eigenvalue weighted by Gasteiger charge is 2.13. The minimum absolute atomic E-state index is 0.0419. The van der Waals surface area contributed by atoms with Crippen LogP contribution in [0.25, 0.3) is 11.2 Å². The van der Waals surface area contributed by atoms with Crippen molar-refractivity contribution in [1.29, 1.82) is 0 Å². The maximum atomic E-state index is 12.8. The minimum Gasteiger partial charge on any atom is -0.369 e. The number of imidazole rings is 1. The number of aromatic amines is 1. The van der Waals surface area contributed by atoms with Crippen LogP contribution in [-0.2, 0) is 16.8 Å². The van der Waals surface area contributed by atoms with Gasteiger partial charge in [0.2, 0.25) is 5.95 Å². The van der Waals surface area contributed by atoms with Crippen LogP contribution < -0.4 is 16.6 Å². The molecule has 0 radical (unpaired) electrons. The number of aromatic nitrogens is 4. The lowest BCUT2D eigenvalue weighted by Gasteiger charge is -2.07. The smallest absolute Gasteiger partial charge is 0.332 e. The highest BCUT2D eigenvalue weighted by atomic mass is 32.3. The molecule has 1 amide bonds. The predicted molar refractivity (Wildman–Crippen MR) is 89.6 cm³/mol. The van der Waals surface area contributed by atoms with Gasteiger partial charge in [-0.1, -0.05) is 0 Å². The molecule has 3 aromatic rings. The normalized spacial score (nSPS) is 11.6. The van der Waals surface area contributed by atoms with E-state index in [4.69, 9.17) is 5.73 Å². The molecule has 1 aromatic carbocycles. The molecule has 12 heteroatoms. The standard InChI is InChI=1S/C14H13FN6O4S/c15-26(24,25)9-3-1-8(2-4-9)12(22)17-5-6-21-7-18-11-10(21)13(23)20-14(16)19-11/h1-4,7H,5-6H2,(H,17,22)(H3,16,19,20,23). The molecule has 10 nitrogen and oxygen atoms in total. The second-order valence-electron chi connectivity index (χ2n) is 5.28. The van der Waals surface area contributed by atoms with Gasteiger partial charge in [0.25, 0.3) is 11.5 Å².